The smallest absolute Gasteiger partial charge is 0.373 e. The lowest BCUT2D eigenvalue weighted by Crippen LogP contribution is -2.32. The van der Waals surface area contributed by atoms with E-state index >= 15 is 0 Å². The summed E-state index contributed by atoms with van der Waals surface area (Å²) in [6.07, 6.45) is -2.09. The number of benzene rings is 1. The molecule has 4 rings (SSSR count). The van der Waals surface area contributed by atoms with Gasteiger partial charge >= 0.3 is 11.9 Å². The summed E-state index contributed by atoms with van der Waals surface area (Å²) in [4.78, 5) is 20.0. The van der Waals surface area contributed by atoms with E-state index in [1.54, 1.807) is 12.1 Å². The van der Waals surface area contributed by atoms with Gasteiger partial charge in [0.2, 0.25) is 5.95 Å². The monoisotopic (exact) mass is 454 g/mol. The van der Waals surface area contributed by atoms with E-state index in [0.717, 1.165) is 16.2 Å². The molecule has 1 aromatic carbocycles. The van der Waals surface area contributed by atoms with Crippen LogP contribution < -0.4 is 11.0 Å². The quantitative estimate of drug-likeness (QED) is 0.584. The summed E-state index contributed by atoms with van der Waals surface area (Å²) in [6, 6.07) is 8.39. The highest BCUT2D eigenvalue weighted by Gasteiger charge is 2.32. The van der Waals surface area contributed by atoms with Crippen molar-refractivity contribution in [3.8, 4) is 0 Å². The highest BCUT2D eigenvalue weighted by Crippen LogP contribution is 2.34. The lowest BCUT2D eigenvalue weighted by atomic mass is 9.97. The van der Waals surface area contributed by atoms with Gasteiger partial charge in [-0.1, -0.05) is 12.1 Å². The molecule has 1 fully saturated rings. The Hall–Kier alpha value is -2.79. The minimum absolute atomic E-state index is 0.0379. The van der Waals surface area contributed by atoms with Crippen LogP contribution in [0, 0.1) is 5.82 Å². The molecule has 2 atom stereocenters. The topological polar surface area (TPSA) is 69.0 Å². The number of thiophene rings is 1. The van der Waals surface area contributed by atoms with Crippen LogP contribution >= 0.6 is 11.3 Å². The first-order valence-electron chi connectivity index (χ1n) is 9.51. The molecule has 11 heteroatoms. The molecule has 3 heterocycles. The zero-order valence-electron chi connectivity index (χ0n) is 16.1. The van der Waals surface area contributed by atoms with Gasteiger partial charge in [-0.3, -0.25) is 4.57 Å². The maximum atomic E-state index is 13.1. The minimum Gasteiger partial charge on any atom is -0.373 e. The normalized spacial score (nSPS) is 19.4. The number of ether oxygens (including phenoxy) is 1. The molecule has 3 aromatic rings. The number of nitrogens with zero attached hydrogens (tertiary/aromatic N) is 3. The maximum absolute atomic E-state index is 13.1. The van der Waals surface area contributed by atoms with E-state index in [9.17, 15) is 22.4 Å². The van der Waals surface area contributed by atoms with Crippen molar-refractivity contribution in [1.82, 2.24) is 14.5 Å². The molecule has 1 saturated heterocycles. The molecule has 2 aromatic heterocycles. The van der Waals surface area contributed by atoms with Crippen molar-refractivity contribution in [2.75, 3.05) is 11.9 Å². The molecular formula is C20H18F4N4O2S. The summed E-state index contributed by atoms with van der Waals surface area (Å²) in [7, 11) is 0. The SMILES string of the molecule is O=c1nc(N[C@@H]2CCO[C@H](c3ccc(F)cc3)C2)ncn1Cc1ccc(C(F)(F)F)s1. The molecule has 0 aliphatic carbocycles. The highest BCUT2D eigenvalue weighted by atomic mass is 32.1. The number of alkyl halides is 3. The number of aromatic nitrogens is 3. The molecule has 0 radical (unpaired) electrons. The van der Waals surface area contributed by atoms with E-state index < -0.39 is 16.7 Å². The van der Waals surface area contributed by atoms with E-state index in [2.05, 4.69) is 15.3 Å². The summed E-state index contributed by atoms with van der Waals surface area (Å²) in [5.41, 5.74) is 0.250. The average Bonchev–Trinajstić information content (AvgIpc) is 3.20. The molecule has 0 amide bonds. The third-order valence-corrected chi connectivity index (χ3v) is 6.01. The van der Waals surface area contributed by atoms with Gasteiger partial charge in [-0.2, -0.15) is 18.2 Å². The fraction of sp³-hybridized carbons (Fsp3) is 0.350. The average molecular weight is 454 g/mol. The highest BCUT2D eigenvalue weighted by molar-refractivity contribution is 7.12. The van der Waals surface area contributed by atoms with Crippen molar-refractivity contribution < 1.29 is 22.3 Å². The van der Waals surface area contributed by atoms with Gasteiger partial charge in [0.1, 0.15) is 17.0 Å². The Morgan fingerprint density at radius 3 is 2.65 bits per heavy atom. The Morgan fingerprint density at radius 1 is 1.19 bits per heavy atom. The van der Waals surface area contributed by atoms with Crippen molar-refractivity contribution in [3.05, 3.63) is 74.3 Å². The van der Waals surface area contributed by atoms with Gasteiger partial charge in [0.05, 0.1) is 12.6 Å². The van der Waals surface area contributed by atoms with Crippen LogP contribution in [0.2, 0.25) is 0 Å². The van der Waals surface area contributed by atoms with E-state index in [4.69, 9.17) is 4.74 Å². The van der Waals surface area contributed by atoms with Crippen LogP contribution in [0.5, 0.6) is 0 Å². The summed E-state index contributed by atoms with van der Waals surface area (Å²) >= 11 is 0.582. The van der Waals surface area contributed by atoms with E-state index in [-0.39, 0.29) is 30.5 Å². The molecule has 0 bridgehead atoms. The van der Waals surface area contributed by atoms with Gasteiger partial charge in [-0.05, 0) is 42.7 Å². The van der Waals surface area contributed by atoms with Crippen LogP contribution in [0.25, 0.3) is 0 Å². The molecular weight excluding hydrogens is 436 g/mol. The lowest BCUT2D eigenvalue weighted by molar-refractivity contribution is -0.134. The summed E-state index contributed by atoms with van der Waals surface area (Å²) in [5, 5.41) is 3.11. The van der Waals surface area contributed by atoms with Crippen LogP contribution in [-0.2, 0) is 17.5 Å². The second kappa shape index (κ2) is 8.75. The van der Waals surface area contributed by atoms with Crippen LogP contribution in [0.1, 0.15) is 34.3 Å². The molecule has 1 N–H and O–H groups in total. The van der Waals surface area contributed by atoms with Crippen LogP contribution in [0.4, 0.5) is 23.5 Å². The zero-order valence-corrected chi connectivity index (χ0v) is 16.9. The first-order chi connectivity index (χ1) is 14.8. The molecule has 164 valence electrons. The molecule has 0 unspecified atom stereocenters. The van der Waals surface area contributed by atoms with Crippen LogP contribution in [-0.4, -0.2) is 27.2 Å². The second-order valence-electron chi connectivity index (χ2n) is 7.13. The Morgan fingerprint density at radius 2 is 1.97 bits per heavy atom. The second-order valence-corrected chi connectivity index (χ2v) is 8.30. The fourth-order valence-corrected chi connectivity index (χ4v) is 4.21. The number of rotatable bonds is 5. The Balaban J connectivity index is 1.40. The van der Waals surface area contributed by atoms with Gasteiger partial charge in [-0.15, -0.1) is 11.3 Å². The molecule has 1 aliphatic heterocycles. The standard InChI is InChI=1S/C20H18F4N4O2S/c21-13-3-1-12(2-4-13)16-9-14(7-8-30-16)26-18-25-11-28(19(29)27-18)10-15-5-6-17(31-15)20(22,23)24/h1-6,11,14,16H,7-10H2,(H,26,27,29)/t14-,16+/m1/s1. The van der Waals surface area contributed by atoms with Crippen LogP contribution in [0.15, 0.2) is 47.5 Å². The molecule has 31 heavy (non-hydrogen) atoms. The fourth-order valence-electron chi connectivity index (χ4n) is 3.34. The van der Waals surface area contributed by atoms with Gasteiger partial charge in [-0.25, -0.2) is 14.2 Å². The Bertz CT molecular complexity index is 1100. The third kappa shape index (κ3) is 5.28. The summed E-state index contributed by atoms with van der Waals surface area (Å²) in [5.74, 6) is -0.173. The molecule has 1 aliphatic rings. The summed E-state index contributed by atoms with van der Waals surface area (Å²) in [6.45, 7) is 0.445. The molecule has 6 nitrogen and oxygen atoms in total. The lowest BCUT2D eigenvalue weighted by Gasteiger charge is -2.30. The third-order valence-electron chi connectivity index (χ3n) is 4.89. The molecule has 0 spiro atoms. The maximum Gasteiger partial charge on any atom is 0.425 e. The van der Waals surface area contributed by atoms with Crippen molar-refractivity contribution in [2.24, 2.45) is 0 Å². The first kappa shape index (κ1) is 21.4. The van der Waals surface area contributed by atoms with Crippen molar-refractivity contribution in [1.29, 1.82) is 0 Å². The van der Waals surface area contributed by atoms with Gasteiger partial charge in [0, 0.05) is 17.5 Å². The first-order valence-corrected chi connectivity index (χ1v) is 10.3. The Kier molecular flexibility index (Phi) is 6.05. The van der Waals surface area contributed by atoms with Crippen molar-refractivity contribution in [2.45, 2.75) is 37.7 Å². The minimum atomic E-state index is -4.41. The predicted molar refractivity (Wildman–Crippen MR) is 106 cm³/mol. The van der Waals surface area contributed by atoms with Crippen molar-refractivity contribution in [3.63, 3.8) is 0 Å². The summed E-state index contributed by atoms with van der Waals surface area (Å²) < 4.78 is 58.2. The van der Waals surface area contributed by atoms with E-state index in [1.165, 1.54) is 24.5 Å². The zero-order chi connectivity index (χ0) is 22.0. The van der Waals surface area contributed by atoms with E-state index in [0.29, 0.717) is 35.7 Å². The molecule has 0 saturated carbocycles. The van der Waals surface area contributed by atoms with Gasteiger partial charge in [0.15, 0.2) is 0 Å². The number of halogens is 4. The van der Waals surface area contributed by atoms with Gasteiger partial charge in [0.25, 0.3) is 0 Å². The predicted octanol–water partition coefficient (Wildman–Crippen LogP) is 4.24. The number of anilines is 1. The van der Waals surface area contributed by atoms with Crippen LogP contribution in [0.3, 0.4) is 0 Å². The number of hydrogen-bond acceptors (Lipinski definition) is 6. The van der Waals surface area contributed by atoms with E-state index in [1.807, 2.05) is 0 Å². The Labute approximate surface area is 178 Å². The largest absolute Gasteiger partial charge is 0.425 e. The number of nitrogens with one attached hydrogen (secondary N) is 1. The van der Waals surface area contributed by atoms with Crippen molar-refractivity contribution >= 4 is 17.3 Å². The van der Waals surface area contributed by atoms with Gasteiger partial charge < -0.3 is 10.1 Å². The number of hydrogen-bond donors (Lipinski definition) is 1.